The van der Waals surface area contributed by atoms with Gasteiger partial charge in [-0.25, -0.2) is 0 Å². The zero-order chi connectivity index (χ0) is 17.2. The first-order valence-corrected chi connectivity index (χ1v) is 8.99. The molecule has 0 bridgehead atoms. The minimum absolute atomic E-state index is 0. The van der Waals surface area contributed by atoms with Crippen LogP contribution in [0.5, 0.6) is 0 Å². The fourth-order valence-electron chi connectivity index (χ4n) is 3.31. The monoisotopic (exact) mass is 380 g/mol. The van der Waals surface area contributed by atoms with Crippen LogP contribution >= 0.6 is 12.4 Å². The second-order valence-corrected chi connectivity index (χ2v) is 7.03. The molecule has 1 unspecified atom stereocenters. The van der Waals surface area contributed by atoms with Gasteiger partial charge in [0.05, 0.1) is 6.54 Å². The van der Waals surface area contributed by atoms with Gasteiger partial charge in [-0.3, -0.25) is 9.48 Å². The molecule has 1 aliphatic heterocycles. The summed E-state index contributed by atoms with van der Waals surface area (Å²) in [6.07, 6.45) is 6.33. The lowest BCUT2D eigenvalue weighted by Gasteiger charge is -2.24. The summed E-state index contributed by atoms with van der Waals surface area (Å²) in [5.41, 5.74) is 1.13. The smallest absolute Gasteiger partial charge is 0.246 e. The first kappa shape index (κ1) is 18.8. The van der Waals surface area contributed by atoms with Crippen LogP contribution in [-0.2, 0) is 17.9 Å². The molecule has 1 saturated carbocycles. The number of carbonyl (C=O) groups excluding carboxylic acids is 1. The normalized spacial score (nSPS) is 19.8. The van der Waals surface area contributed by atoms with E-state index < -0.39 is 0 Å². The summed E-state index contributed by atoms with van der Waals surface area (Å²) in [5, 5.41) is 11.8. The number of piperidine rings is 1. The summed E-state index contributed by atoms with van der Waals surface area (Å²) in [4.78, 5) is 18.6. The van der Waals surface area contributed by atoms with Gasteiger partial charge in [-0.1, -0.05) is 5.16 Å². The van der Waals surface area contributed by atoms with Crippen LogP contribution in [0.25, 0.3) is 0 Å². The quantitative estimate of drug-likeness (QED) is 0.820. The first-order chi connectivity index (χ1) is 12.2. The van der Waals surface area contributed by atoms with E-state index in [9.17, 15) is 4.79 Å². The molecule has 2 aromatic rings. The second kappa shape index (κ2) is 8.18. The number of nitrogens with zero attached hydrogens (tertiary/aromatic N) is 5. The molecule has 26 heavy (non-hydrogen) atoms. The lowest BCUT2D eigenvalue weighted by atomic mass is 9.96. The van der Waals surface area contributed by atoms with Gasteiger partial charge in [-0.05, 0) is 38.3 Å². The summed E-state index contributed by atoms with van der Waals surface area (Å²) in [5.74, 6) is 2.13. The van der Waals surface area contributed by atoms with Crippen molar-refractivity contribution in [3.05, 3.63) is 29.7 Å². The van der Waals surface area contributed by atoms with Gasteiger partial charge in [0.25, 0.3) is 0 Å². The number of halogens is 1. The Morgan fingerprint density at radius 1 is 1.38 bits per heavy atom. The highest BCUT2D eigenvalue weighted by Gasteiger charge is 2.29. The number of hydrogen-bond donors (Lipinski definition) is 1. The van der Waals surface area contributed by atoms with Gasteiger partial charge in [-0.15, -0.1) is 12.4 Å². The maximum Gasteiger partial charge on any atom is 0.246 e. The van der Waals surface area contributed by atoms with Crippen molar-refractivity contribution in [1.82, 2.24) is 30.1 Å². The maximum atomic E-state index is 12.6. The van der Waals surface area contributed by atoms with Crippen molar-refractivity contribution in [2.24, 2.45) is 0 Å². The number of amides is 1. The number of aromatic nitrogens is 4. The highest BCUT2D eigenvalue weighted by molar-refractivity contribution is 5.85. The third-order valence-electron chi connectivity index (χ3n) is 4.97. The number of nitrogens with one attached hydrogen (secondary N) is 1. The summed E-state index contributed by atoms with van der Waals surface area (Å²) < 4.78 is 7.07. The molecule has 1 saturated heterocycles. The Bertz CT molecular complexity index is 735. The highest BCUT2D eigenvalue weighted by atomic mass is 35.5. The molecule has 142 valence electrons. The Hall–Kier alpha value is -1.93. The van der Waals surface area contributed by atoms with Crippen LogP contribution in [-0.4, -0.2) is 50.9 Å². The average Bonchev–Trinajstić information content (AvgIpc) is 3.20. The van der Waals surface area contributed by atoms with Crippen molar-refractivity contribution in [2.45, 2.75) is 50.6 Å². The van der Waals surface area contributed by atoms with Gasteiger partial charge in [0, 0.05) is 37.3 Å². The van der Waals surface area contributed by atoms with Crippen LogP contribution in [0.1, 0.15) is 54.9 Å². The van der Waals surface area contributed by atoms with E-state index in [1.165, 1.54) is 0 Å². The highest BCUT2D eigenvalue weighted by Crippen LogP contribution is 2.38. The van der Waals surface area contributed by atoms with Crippen LogP contribution in [0.3, 0.4) is 0 Å². The third-order valence-corrected chi connectivity index (χ3v) is 4.97. The van der Waals surface area contributed by atoms with Crippen LogP contribution < -0.4 is 5.32 Å². The van der Waals surface area contributed by atoms with Gasteiger partial charge in [0.2, 0.25) is 11.8 Å². The van der Waals surface area contributed by atoms with E-state index in [0.29, 0.717) is 24.3 Å². The minimum atomic E-state index is -0.0140. The molecule has 1 aliphatic carbocycles. The predicted octanol–water partition coefficient (Wildman–Crippen LogP) is 1.69. The Labute approximate surface area is 158 Å². The number of likely N-dealkylation sites (N-methyl/N-ethyl adjacent to an activating group) is 1. The molecule has 0 radical (unpaired) electrons. The van der Waals surface area contributed by atoms with E-state index >= 15 is 0 Å². The summed E-state index contributed by atoms with van der Waals surface area (Å²) in [7, 11) is 1.76. The number of carbonyl (C=O) groups is 1. The minimum Gasteiger partial charge on any atom is -0.337 e. The van der Waals surface area contributed by atoms with Crippen molar-refractivity contribution in [3.8, 4) is 0 Å². The van der Waals surface area contributed by atoms with E-state index in [2.05, 4.69) is 20.6 Å². The Morgan fingerprint density at radius 3 is 2.96 bits per heavy atom. The molecule has 0 aromatic carbocycles. The number of rotatable bonds is 6. The van der Waals surface area contributed by atoms with E-state index in [0.717, 1.165) is 50.3 Å². The molecule has 2 aromatic heterocycles. The van der Waals surface area contributed by atoms with Gasteiger partial charge in [-0.2, -0.15) is 10.1 Å². The fraction of sp³-hybridized carbons (Fsp3) is 0.647. The zero-order valence-electron chi connectivity index (χ0n) is 14.9. The Kier molecular flexibility index (Phi) is 5.93. The van der Waals surface area contributed by atoms with Crippen molar-refractivity contribution < 1.29 is 9.32 Å². The van der Waals surface area contributed by atoms with Gasteiger partial charge in [0.1, 0.15) is 6.54 Å². The molecule has 2 fully saturated rings. The van der Waals surface area contributed by atoms with E-state index in [1.54, 1.807) is 18.1 Å². The molecule has 3 heterocycles. The lowest BCUT2D eigenvalue weighted by molar-refractivity contribution is -0.131. The average molecular weight is 381 g/mol. The SMILES string of the molecule is CN(Cc1nc(C2CC2)no1)C(=O)Cn1nccc1C1CCCNC1.Cl. The van der Waals surface area contributed by atoms with E-state index in [4.69, 9.17) is 4.52 Å². The largest absolute Gasteiger partial charge is 0.337 e. The van der Waals surface area contributed by atoms with Gasteiger partial charge >= 0.3 is 0 Å². The topological polar surface area (TPSA) is 89.1 Å². The number of hydrogen-bond acceptors (Lipinski definition) is 6. The van der Waals surface area contributed by atoms with Crippen molar-refractivity contribution in [3.63, 3.8) is 0 Å². The predicted molar refractivity (Wildman–Crippen MR) is 97.1 cm³/mol. The van der Waals surface area contributed by atoms with Crippen molar-refractivity contribution in [2.75, 3.05) is 20.1 Å². The zero-order valence-corrected chi connectivity index (χ0v) is 15.7. The summed E-state index contributed by atoms with van der Waals surface area (Å²) in [6, 6.07) is 2.02. The van der Waals surface area contributed by atoms with Crippen LogP contribution in [0.15, 0.2) is 16.8 Å². The molecular formula is C17H25ClN6O2. The molecular weight excluding hydrogens is 356 g/mol. The first-order valence-electron chi connectivity index (χ1n) is 8.99. The van der Waals surface area contributed by atoms with Crippen molar-refractivity contribution >= 4 is 18.3 Å². The summed E-state index contributed by atoms with van der Waals surface area (Å²) in [6.45, 7) is 2.58. The second-order valence-electron chi connectivity index (χ2n) is 7.03. The van der Waals surface area contributed by atoms with Crippen LogP contribution in [0.4, 0.5) is 0 Å². The molecule has 0 spiro atoms. The Morgan fingerprint density at radius 2 is 2.23 bits per heavy atom. The maximum absolute atomic E-state index is 12.6. The molecule has 1 amide bonds. The Balaban J connectivity index is 0.00000196. The molecule has 1 N–H and O–H groups in total. The van der Waals surface area contributed by atoms with Crippen LogP contribution in [0, 0.1) is 0 Å². The molecule has 1 atom stereocenters. The molecule has 4 rings (SSSR count). The van der Waals surface area contributed by atoms with Gasteiger partial charge in [0.15, 0.2) is 5.82 Å². The molecule has 9 heteroatoms. The van der Waals surface area contributed by atoms with Gasteiger partial charge < -0.3 is 14.7 Å². The van der Waals surface area contributed by atoms with Crippen LogP contribution in [0.2, 0.25) is 0 Å². The van der Waals surface area contributed by atoms with Crippen molar-refractivity contribution in [1.29, 1.82) is 0 Å². The fourth-order valence-corrected chi connectivity index (χ4v) is 3.31. The molecule has 2 aliphatic rings. The standard InChI is InChI=1S/C17H24N6O2.ClH/c1-22(10-15-20-17(21-25-15)12-4-5-12)16(24)11-23-14(6-8-19-23)13-3-2-7-18-9-13;/h6,8,12-13,18H,2-5,7,9-11H2,1H3;1H. The third kappa shape index (κ3) is 4.24. The lowest BCUT2D eigenvalue weighted by Crippen LogP contribution is -2.33. The summed E-state index contributed by atoms with van der Waals surface area (Å²) >= 11 is 0. The van der Waals surface area contributed by atoms with E-state index in [1.807, 2.05) is 10.7 Å². The molecule has 8 nitrogen and oxygen atoms in total. The van der Waals surface area contributed by atoms with E-state index in [-0.39, 0.29) is 24.9 Å².